The molecule has 0 bridgehead atoms. The number of nitrogens with zero attached hydrogens (tertiary/aromatic N) is 3. The van der Waals surface area contributed by atoms with E-state index < -0.39 is 17.7 Å². The highest BCUT2D eigenvalue weighted by atomic mass is 79.9. The summed E-state index contributed by atoms with van der Waals surface area (Å²) in [7, 11) is 1.42. The average Bonchev–Trinajstić information content (AvgIpc) is 3.59. The number of rotatable bonds is 7. The molecule has 9 nitrogen and oxygen atoms in total. The third-order valence-corrected chi connectivity index (χ3v) is 7.27. The van der Waals surface area contributed by atoms with E-state index in [1.165, 1.54) is 12.0 Å². The average molecular weight is 568 g/mol. The quantitative estimate of drug-likeness (QED) is 0.250. The number of aromatic nitrogens is 2. The molecule has 2 atom stereocenters. The van der Waals surface area contributed by atoms with Crippen molar-refractivity contribution in [2.45, 2.75) is 38.5 Å². The zero-order chi connectivity index (χ0) is 26.3. The summed E-state index contributed by atoms with van der Waals surface area (Å²) in [6.07, 6.45) is 6.46. The maximum absolute atomic E-state index is 13.4. The van der Waals surface area contributed by atoms with E-state index in [0.717, 1.165) is 11.3 Å². The van der Waals surface area contributed by atoms with Gasteiger partial charge < -0.3 is 29.2 Å². The first-order valence-corrected chi connectivity index (χ1v) is 12.7. The van der Waals surface area contributed by atoms with Crippen molar-refractivity contribution in [3.8, 4) is 17.2 Å². The van der Waals surface area contributed by atoms with Gasteiger partial charge in [0.05, 0.1) is 29.5 Å². The molecule has 5 rings (SSSR count). The van der Waals surface area contributed by atoms with Gasteiger partial charge in [0.2, 0.25) is 0 Å². The lowest BCUT2D eigenvalue weighted by Crippen LogP contribution is -2.31. The number of carbonyl (C=O) groups is 2. The molecule has 2 aliphatic heterocycles. The molecule has 2 N–H and O–H groups in total. The van der Waals surface area contributed by atoms with Crippen LogP contribution in [0.3, 0.4) is 0 Å². The number of imidazole rings is 1. The van der Waals surface area contributed by atoms with Crippen LogP contribution in [0.5, 0.6) is 17.2 Å². The van der Waals surface area contributed by atoms with Crippen molar-refractivity contribution < 1.29 is 29.3 Å². The zero-order valence-corrected chi connectivity index (χ0v) is 21.9. The number of methoxy groups -OCH3 is 1. The number of carbonyl (C=O) groups excluding carboxylic acids is 2. The van der Waals surface area contributed by atoms with Crippen molar-refractivity contribution in [1.82, 2.24) is 14.5 Å². The number of phenolic OH excluding ortho intramolecular Hbond substituents is 1. The second kappa shape index (κ2) is 9.93. The van der Waals surface area contributed by atoms with Gasteiger partial charge in [-0.25, -0.2) is 4.98 Å². The SMILES string of the molecule is COc1cc([C@H]2C(=C(O)c3ccc4c(c3)C[C@@H](C)O4)C(=O)C(=O)N2CCCn2ccnc2)cc(Br)c1O. The van der Waals surface area contributed by atoms with Gasteiger partial charge in [-0.2, -0.15) is 0 Å². The van der Waals surface area contributed by atoms with Crippen molar-refractivity contribution in [2.24, 2.45) is 0 Å². The Morgan fingerprint density at radius 3 is 2.78 bits per heavy atom. The van der Waals surface area contributed by atoms with Crippen molar-refractivity contribution in [3.05, 3.63) is 75.8 Å². The normalized spacial score (nSPS) is 20.2. The van der Waals surface area contributed by atoms with E-state index >= 15 is 0 Å². The number of likely N-dealkylation sites (tertiary alicyclic amines) is 1. The zero-order valence-electron chi connectivity index (χ0n) is 20.3. The van der Waals surface area contributed by atoms with Gasteiger partial charge in [0, 0.05) is 37.5 Å². The van der Waals surface area contributed by atoms with Crippen LogP contribution in [-0.2, 0) is 22.6 Å². The Kier molecular flexibility index (Phi) is 6.68. The van der Waals surface area contributed by atoms with E-state index in [2.05, 4.69) is 20.9 Å². The fourth-order valence-corrected chi connectivity index (χ4v) is 5.39. The number of aliphatic hydroxyl groups excluding tert-OH is 1. The summed E-state index contributed by atoms with van der Waals surface area (Å²) in [5.74, 6) is -0.899. The first-order chi connectivity index (χ1) is 17.8. The number of halogens is 1. The Hall–Kier alpha value is -3.79. The molecular formula is C27H26BrN3O6. The molecule has 0 saturated carbocycles. The predicted molar refractivity (Wildman–Crippen MR) is 138 cm³/mol. The number of Topliss-reactive ketones (excluding diaryl/α,β-unsaturated/α-hetero) is 1. The topological polar surface area (TPSA) is 114 Å². The molecule has 10 heteroatoms. The van der Waals surface area contributed by atoms with Gasteiger partial charge in [-0.15, -0.1) is 0 Å². The van der Waals surface area contributed by atoms with Crippen LogP contribution in [0.2, 0.25) is 0 Å². The van der Waals surface area contributed by atoms with Crippen molar-refractivity contribution in [3.63, 3.8) is 0 Å². The summed E-state index contributed by atoms with van der Waals surface area (Å²) >= 11 is 3.33. The van der Waals surface area contributed by atoms with Crippen molar-refractivity contribution >= 4 is 33.4 Å². The number of fused-ring (bicyclic) bond motifs is 1. The minimum absolute atomic E-state index is 0.0146. The lowest BCUT2D eigenvalue weighted by molar-refractivity contribution is -0.139. The lowest BCUT2D eigenvalue weighted by Gasteiger charge is -2.26. The van der Waals surface area contributed by atoms with Gasteiger partial charge in [-0.3, -0.25) is 9.59 Å². The molecule has 2 aromatic carbocycles. The predicted octanol–water partition coefficient (Wildman–Crippen LogP) is 4.20. The van der Waals surface area contributed by atoms with Gasteiger partial charge >= 0.3 is 0 Å². The summed E-state index contributed by atoms with van der Waals surface area (Å²) in [6, 6.07) is 7.57. The van der Waals surface area contributed by atoms with E-state index in [1.54, 1.807) is 42.9 Å². The van der Waals surface area contributed by atoms with E-state index in [-0.39, 0.29) is 35.5 Å². The van der Waals surface area contributed by atoms with Crippen molar-refractivity contribution in [2.75, 3.05) is 13.7 Å². The van der Waals surface area contributed by atoms with Crippen LogP contribution in [0.15, 0.2) is 59.1 Å². The Morgan fingerprint density at radius 1 is 1.24 bits per heavy atom. The smallest absolute Gasteiger partial charge is 0.295 e. The number of ether oxygens (including phenoxy) is 2. The van der Waals surface area contributed by atoms with Gasteiger partial charge in [0.15, 0.2) is 11.5 Å². The molecule has 1 saturated heterocycles. The van der Waals surface area contributed by atoms with Crippen LogP contribution in [0.4, 0.5) is 0 Å². The molecule has 1 aromatic heterocycles. The minimum atomic E-state index is -0.878. The largest absolute Gasteiger partial charge is 0.507 e. The monoisotopic (exact) mass is 567 g/mol. The second-order valence-corrected chi connectivity index (χ2v) is 10.0. The Morgan fingerprint density at radius 2 is 2.05 bits per heavy atom. The number of aryl methyl sites for hydroxylation is 1. The van der Waals surface area contributed by atoms with Crippen LogP contribution < -0.4 is 9.47 Å². The number of amides is 1. The number of benzene rings is 2. The Balaban J connectivity index is 1.59. The van der Waals surface area contributed by atoms with Gasteiger partial charge in [0.1, 0.15) is 17.6 Å². The lowest BCUT2D eigenvalue weighted by atomic mass is 9.94. The molecule has 0 spiro atoms. The molecule has 2 aliphatic rings. The van der Waals surface area contributed by atoms with Gasteiger partial charge in [-0.1, -0.05) is 0 Å². The molecule has 37 heavy (non-hydrogen) atoms. The Bertz CT molecular complexity index is 1400. The van der Waals surface area contributed by atoms with E-state index in [0.29, 0.717) is 35.0 Å². The number of phenols is 1. The van der Waals surface area contributed by atoms with E-state index in [1.807, 2.05) is 17.7 Å². The molecule has 1 amide bonds. The molecule has 0 aliphatic carbocycles. The third-order valence-electron chi connectivity index (χ3n) is 6.67. The summed E-state index contributed by atoms with van der Waals surface area (Å²) < 4.78 is 13.3. The molecular weight excluding hydrogens is 542 g/mol. The number of ketones is 1. The number of hydrogen-bond acceptors (Lipinski definition) is 7. The highest BCUT2D eigenvalue weighted by molar-refractivity contribution is 9.10. The first kappa shape index (κ1) is 24.9. The summed E-state index contributed by atoms with van der Waals surface area (Å²) in [5.41, 5.74) is 1.86. The minimum Gasteiger partial charge on any atom is -0.507 e. The number of hydrogen-bond donors (Lipinski definition) is 2. The van der Waals surface area contributed by atoms with E-state index in [9.17, 15) is 19.8 Å². The molecule has 0 unspecified atom stereocenters. The summed E-state index contributed by atoms with van der Waals surface area (Å²) in [4.78, 5) is 32.1. The second-order valence-electron chi connectivity index (χ2n) is 9.16. The van der Waals surface area contributed by atoms with Crippen LogP contribution in [0.25, 0.3) is 5.76 Å². The molecule has 192 valence electrons. The fraction of sp³-hybridized carbons (Fsp3) is 0.296. The standard InChI is InChI=1S/C27H26BrN3O6/c1-15-10-17-11-16(4-5-20(17)37-15)24(32)22-23(18-12-19(28)25(33)21(13-18)36-2)31(27(35)26(22)34)8-3-7-30-9-6-29-14-30/h4-6,9,11-15,23,32-33H,3,7-8,10H2,1-2H3/t15-,23+/m1/s1. The maximum Gasteiger partial charge on any atom is 0.295 e. The summed E-state index contributed by atoms with van der Waals surface area (Å²) in [6.45, 7) is 2.83. The fourth-order valence-electron chi connectivity index (χ4n) is 4.93. The molecule has 1 fully saturated rings. The summed E-state index contributed by atoms with van der Waals surface area (Å²) in [5, 5.41) is 21.8. The number of aliphatic hydroxyl groups is 1. The van der Waals surface area contributed by atoms with Crippen LogP contribution >= 0.6 is 15.9 Å². The van der Waals surface area contributed by atoms with Crippen LogP contribution in [0.1, 0.15) is 36.1 Å². The first-order valence-electron chi connectivity index (χ1n) is 11.9. The highest BCUT2D eigenvalue weighted by Gasteiger charge is 2.46. The highest BCUT2D eigenvalue weighted by Crippen LogP contribution is 2.44. The van der Waals surface area contributed by atoms with Gasteiger partial charge in [0.25, 0.3) is 11.7 Å². The van der Waals surface area contributed by atoms with Gasteiger partial charge in [-0.05, 0) is 70.7 Å². The Labute approximate surface area is 222 Å². The maximum atomic E-state index is 13.4. The number of aromatic hydroxyl groups is 1. The van der Waals surface area contributed by atoms with Crippen LogP contribution in [-0.4, -0.2) is 56.1 Å². The van der Waals surface area contributed by atoms with E-state index in [4.69, 9.17) is 9.47 Å². The van der Waals surface area contributed by atoms with Crippen LogP contribution in [0, 0.1) is 0 Å². The molecule has 3 aromatic rings. The molecule has 0 radical (unpaired) electrons. The van der Waals surface area contributed by atoms with Crippen molar-refractivity contribution in [1.29, 1.82) is 0 Å². The molecule has 3 heterocycles. The third kappa shape index (κ3) is 4.57.